The predicted octanol–water partition coefficient (Wildman–Crippen LogP) is 1.57. The molecule has 3 heterocycles. The number of hydrogen-bond acceptors (Lipinski definition) is 4. The number of imidazole rings is 1. The van der Waals surface area contributed by atoms with Crippen LogP contribution in [0.2, 0.25) is 0 Å². The van der Waals surface area contributed by atoms with Gasteiger partial charge in [-0.2, -0.15) is 0 Å². The quantitative estimate of drug-likeness (QED) is 0.855. The third-order valence-electron chi connectivity index (χ3n) is 3.75. The minimum atomic E-state index is -2.93. The summed E-state index contributed by atoms with van der Waals surface area (Å²) in [5, 5.41) is -0.280. The molecule has 6 heteroatoms. The molecule has 19 heavy (non-hydrogen) atoms. The van der Waals surface area contributed by atoms with E-state index in [-0.39, 0.29) is 5.25 Å². The summed E-state index contributed by atoms with van der Waals surface area (Å²) in [6.45, 7) is 2.51. The minimum absolute atomic E-state index is 0.280. The normalized spacial score (nSPS) is 22.1. The second-order valence-electron chi connectivity index (χ2n) is 4.97. The Morgan fingerprint density at radius 3 is 3.00 bits per heavy atom. The summed E-state index contributed by atoms with van der Waals surface area (Å²) >= 11 is 0. The van der Waals surface area contributed by atoms with E-state index in [2.05, 4.69) is 9.97 Å². The zero-order valence-electron chi connectivity index (χ0n) is 10.9. The molecule has 0 N–H and O–H groups in total. The molecular formula is C13H17N3O2S. The van der Waals surface area contributed by atoms with Gasteiger partial charge in [0.15, 0.2) is 15.5 Å². The van der Waals surface area contributed by atoms with E-state index >= 15 is 0 Å². The fourth-order valence-corrected chi connectivity index (χ4v) is 4.54. The Bertz CT molecular complexity index is 706. The van der Waals surface area contributed by atoms with Gasteiger partial charge >= 0.3 is 0 Å². The zero-order chi connectivity index (χ0) is 13.5. The first-order valence-corrected chi connectivity index (χ1v) is 8.35. The third-order valence-corrected chi connectivity index (χ3v) is 6.01. The summed E-state index contributed by atoms with van der Waals surface area (Å²) < 4.78 is 25.9. The van der Waals surface area contributed by atoms with E-state index in [0.717, 1.165) is 36.3 Å². The van der Waals surface area contributed by atoms with Crippen LogP contribution in [0.25, 0.3) is 11.2 Å². The molecule has 1 fully saturated rings. The SMILES string of the molecule is CCc1nc2cccnc2n1CC1CCCS1(=O)=O. The molecular weight excluding hydrogens is 262 g/mol. The molecule has 0 radical (unpaired) electrons. The number of aromatic nitrogens is 3. The van der Waals surface area contributed by atoms with Gasteiger partial charge in [0.05, 0.1) is 11.0 Å². The van der Waals surface area contributed by atoms with Crippen LogP contribution in [0.15, 0.2) is 18.3 Å². The molecule has 2 aromatic rings. The highest BCUT2D eigenvalue weighted by atomic mass is 32.2. The second kappa shape index (κ2) is 4.59. The summed E-state index contributed by atoms with van der Waals surface area (Å²) in [5.74, 6) is 1.23. The molecule has 0 aliphatic carbocycles. The summed E-state index contributed by atoms with van der Waals surface area (Å²) in [6, 6.07) is 3.77. The number of sulfone groups is 1. The van der Waals surface area contributed by atoms with Gasteiger partial charge in [-0.1, -0.05) is 6.92 Å². The van der Waals surface area contributed by atoms with Crippen molar-refractivity contribution in [3.63, 3.8) is 0 Å². The fraction of sp³-hybridized carbons (Fsp3) is 0.538. The van der Waals surface area contributed by atoms with Crippen molar-refractivity contribution in [1.29, 1.82) is 0 Å². The highest BCUT2D eigenvalue weighted by Crippen LogP contribution is 2.24. The van der Waals surface area contributed by atoms with Crippen molar-refractivity contribution in [2.75, 3.05) is 5.75 Å². The number of fused-ring (bicyclic) bond motifs is 1. The Hall–Kier alpha value is -1.43. The third kappa shape index (κ3) is 2.14. The lowest BCUT2D eigenvalue weighted by Gasteiger charge is -2.12. The molecule has 0 spiro atoms. The number of nitrogens with zero attached hydrogens (tertiary/aromatic N) is 3. The molecule has 5 nitrogen and oxygen atoms in total. The van der Waals surface area contributed by atoms with Crippen LogP contribution in [0.1, 0.15) is 25.6 Å². The van der Waals surface area contributed by atoms with E-state index in [9.17, 15) is 8.42 Å². The zero-order valence-corrected chi connectivity index (χ0v) is 11.7. The first-order chi connectivity index (χ1) is 9.12. The van der Waals surface area contributed by atoms with Crippen molar-refractivity contribution in [1.82, 2.24) is 14.5 Å². The van der Waals surface area contributed by atoms with E-state index in [1.54, 1.807) is 6.20 Å². The van der Waals surface area contributed by atoms with E-state index in [1.165, 1.54) is 0 Å². The summed E-state index contributed by atoms with van der Waals surface area (Å²) in [4.78, 5) is 8.87. The monoisotopic (exact) mass is 279 g/mol. The van der Waals surface area contributed by atoms with Crippen LogP contribution in [-0.2, 0) is 22.8 Å². The van der Waals surface area contributed by atoms with E-state index in [4.69, 9.17) is 0 Å². The van der Waals surface area contributed by atoms with Gasteiger partial charge in [-0.25, -0.2) is 18.4 Å². The average molecular weight is 279 g/mol. The average Bonchev–Trinajstić information content (AvgIpc) is 2.91. The lowest BCUT2D eigenvalue weighted by Crippen LogP contribution is -2.23. The van der Waals surface area contributed by atoms with Crippen LogP contribution < -0.4 is 0 Å². The summed E-state index contributed by atoms with van der Waals surface area (Å²) in [6.07, 6.45) is 4.03. The smallest absolute Gasteiger partial charge is 0.160 e. The van der Waals surface area contributed by atoms with Crippen molar-refractivity contribution >= 4 is 21.0 Å². The Balaban J connectivity index is 2.04. The van der Waals surface area contributed by atoms with Crippen molar-refractivity contribution in [3.05, 3.63) is 24.2 Å². The molecule has 102 valence electrons. The largest absolute Gasteiger partial charge is 0.311 e. The van der Waals surface area contributed by atoms with Gasteiger partial charge < -0.3 is 4.57 Å². The van der Waals surface area contributed by atoms with Gasteiger partial charge in [-0.05, 0) is 25.0 Å². The van der Waals surface area contributed by atoms with E-state index in [1.807, 2.05) is 23.6 Å². The molecule has 0 bridgehead atoms. The van der Waals surface area contributed by atoms with Crippen molar-refractivity contribution in [2.24, 2.45) is 0 Å². The van der Waals surface area contributed by atoms with Gasteiger partial charge in [-0.3, -0.25) is 0 Å². The predicted molar refractivity (Wildman–Crippen MR) is 73.7 cm³/mol. The molecule has 1 aliphatic rings. The van der Waals surface area contributed by atoms with Gasteiger partial charge in [-0.15, -0.1) is 0 Å². The Morgan fingerprint density at radius 1 is 1.47 bits per heavy atom. The number of hydrogen-bond donors (Lipinski definition) is 0. The first kappa shape index (κ1) is 12.6. The molecule has 1 unspecified atom stereocenters. The number of rotatable bonds is 3. The maximum atomic E-state index is 12.0. The Labute approximate surface area is 112 Å². The van der Waals surface area contributed by atoms with Crippen LogP contribution in [0.5, 0.6) is 0 Å². The van der Waals surface area contributed by atoms with Gasteiger partial charge in [0, 0.05) is 19.2 Å². The van der Waals surface area contributed by atoms with Gasteiger partial charge in [0.25, 0.3) is 0 Å². The van der Waals surface area contributed by atoms with Gasteiger partial charge in [0.2, 0.25) is 0 Å². The van der Waals surface area contributed by atoms with Crippen LogP contribution in [-0.4, -0.2) is 34.0 Å². The van der Waals surface area contributed by atoms with Crippen LogP contribution in [0, 0.1) is 0 Å². The van der Waals surface area contributed by atoms with Crippen LogP contribution in [0.3, 0.4) is 0 Å². The summed E-state index contributed by atoms with van der Waals surface area (Å²) in [7, 11) is -2.93. The highest BCUT2D eigenvalue weighted by molar-refractivity contribution is 7.92. The Morgan fingerprint density at radius 2 is 2.32 bits per heavy atom. The van der Waals surface area contributed by atoms with Crippen molar-refractivity contribution in [3.8, 4) is 0 Å². The molecule has 1 aliphatic heterocycles. The van der Waals surface area contributed by atoms with Gasteiger partial charge in [0.1, 0.15) is 11.3 Å². The van der Waals surface area contributed by atoms with E-state index < -0.39 is 9.84 Å². The van der Waals surface area contributed by atoms with Crippen molar-refractivity contribution < 1.29 is 8.42 Å². The van der Waals surface area contributed by atoms with Crippen molar-refractivity contribution in [2.45, 2.75) is 38.0 Å². The topological polar surface area (TPSA) is 64.8 Å². The van der Waals surface area contributed by atoms with Crippen LogP contribution in [0.4, 0.5) is 0 Å². The van der Waals surface area contributed by atoms with E-state index in [0.29, 0.717) is 12.3 Å². The molecule has 1 atom stereocenters. The standard InChI is InChI=1S/C13H17N3O2S/c1-2-12-15-11-6-3-7-14-13(11)16(12)9-10-5-4-8-19(10,17)18/h3,6-7,10H,2,4-5,8-9H2,1H3. The lowest BCUT2D eigenvalue weighted by atomic mass is 10.2. The van der Waals surface area contributed by atoms with Crippen LogP contribution >= 0.6 is 0 Å². The first-order valence-electron chi connectivity index (χ1n) is 6.63. The number of pyridine rings is 1. The summed E-state index contributed by atoms with van der Waals surface area (Å²) in [5.41, 5.74) is 1.64. The minimum Gasteiger partial charge on any atom is -0.311 e. The molecule has 0 aromatic carbocycles. The lowest BCUT2D eigenvalue weighted by molar-refractivity contribution is 0.562. The molecule has 0 amide bonds. The second-order valence-corrected chi connectivity index (χ2v) is 7.37. The molecule has 2 aromatic heterocycles. The number of aryl methyl sites for hydroxylation is 1. The maximum Gasteiger partial charge on any atom is 0.160 e. The fourth-order valence-electron chi connectivity index (χ4n) is 2.73. The molecule has 0 saturated carbocycles. The highest BCUT2D eigenvalue weighted by Gasteiger charge is 2.32. The maximum absolute atomic E-state index is 12.0. The Kier molecular flexibility index (Phi) is 3.05. The molecule has 1 saturated heterocycles. The molecule has 3 rings (SSSR count).